The molecule has 1 N–H and O–H groups in total. The van der Waals surface area contributed by atoms with Crippen molar-refractivity contribution < 1.29 is 0 Å². The third-order valence-electron chi connectivity index (χ3n) is 4.48. The molecule has 1 aromatic rings. The molecule has 1 fully saturated rings. The highest BCUT2D eigenvalue weighted by Crippen LogP contribution is 2.31. The van der Waals surface area contributed by atoms with Gasteiger partial charge in [-0.2, -0.15) is 0 Å². The van der Waals surface area contributed by atoms with Crippen molar-refractivity contribution in [2.45, 2.75) is 25.9 Å². The second-order valence-corrected chi connectivity index (χ2v) is 6.98. The van der Waals surface area contributed by atoms with Crippen LogP contribution in [0.3, 0.4) is 0 Å². The molecule has 1 aliphatic rings. The molecule has 0 amide bonds. The van der Waals surface area contributed by atoms with E-state index in [1.165, 1.54) is 15.7 Å². The first-order chi connectivity index (χ1) is 9.43. The van der Waals surface area contributed by atoms with Gasteiger partial charge >= 0.3 is 0 Å². The summed E-state index contributed by atoms with van der Waals surface area (Å²) in [5.41, 5.74) is 2.63. The van der Waals surface area contributed by atoms with Crippen molar-refractivity contribution in [3.05, 3.63) is 28.2 Å². The minimum atomic E-state index is 0.366. The summed E-state index contributed by atoms with van der Waals surface area (Å²) < 4.78 is 1.19. The van der Waals surface area contributed by atoms with Gasteiger partial charge in [0.25, 0.3) is 0 Å². The van der Waals surface area contributed by atoms with Gasteiger partial charge in [-0.25, -0.2) is 0 Å². The fourth-order valence-corrected chi connectivity index (χ4v) is 3.76. The van der Waals surface area contributed by atoms with Gasteiger partial charge in [-0.1, -0.05) is 28.9 Å². The fraction of sp³-hybridized carbons (Fsp3) is 0.625. The first kappa shape index (κ1) is 15.8. The van der Waals surface area contributed by atoms with Crippen LogP contribution >= 0.6 is 15.9 Å². The van der Waals surface area contributed by atoms with Crippen LogP contribution in [0.15, 0.2) is 22.7 Å². The van der Waals surface area contributed by atoms with Gasteiger partial charge < -0.3 is 15.1 Å². The molecular formula is C16H26BrN3. The maximum Gasteiger partial charge on any atom is 0.0378 e. The van der Waals surface area contributed by atoms with Crippen molar-refractivity contribution in [3.8, 4) is 0 Å². The van der Waals surface area contributed by atoms with Crippen LogP contribution in [-0.4, -0.2) is 45.2 Å². The second kappa shape index (κ2) is 6.46. The van der Waals surface area contributed by atoms with Crippen molar-refractivity contribution in [2.75, 3.05) is 39.1 Å². The molecule has 0 aliphatic carbocycles. The number of benzene rings is 1. The molecule has 4 heteroatoms. The van der Waals surface area contributed by atoms with Crippen LogP contribution in [0.1, 0.15) is 25.5 Å². The highest BCUT2D eigenvalue weighted by molar-refractivity contribution is 9.10. The lowest BCUT2D eigenvalue weighted by atomic mass is 10.1. The number of likely N-dealkylation sites (N-methyl/N-ethyl adjacent to an activating group) is 1. The number of halogens is 1. The van der Waals surface area contributed by atoms with Gasteiger partial charge in [-0.3, -0.25) is 0 Å². The summed E-state index contributed by atoms with van der Waals surface area (Å²) in [6, 6.07) is 7.75. The van der Waals surface area contributed by atoms with Gasteiger partial charge in [0.2, 0.25) is 0 Å². The smallest absolute Gasteiger partial charge is 0.0378 e. The quantitative estimate of drug-likeness (QED) is 0.909. The molecule has 0 bridgehead atoms. The number of hydrogen-bond donors (Lipinski definition) is 1. The van der Waals surface area contributed by atoms with Crippen LogP contribution in [-0.2, 0) is 0 Å². The lowest BCUT2D eigenvalue weighted by molar-refractivity contribution is 0.266. The van der Waals surface area contributed by atoms with Crippen molar-refractivity contribution in [2.24, 2.45) is 5.92 Å². The molecule has 3 atom stereocenters. The molecule has 1 aliphatic heterocycles. The third-order valence-corrected chi connectivity index (χ3v) is 5.17. The van der Waals surface area contributed by atoms with Gasteiger partial charge in [0.05, 0.1) is 0 Å². The van der Waals surface area contributed by atoms with Crippen LogP contribution in [0.25, 0.3) is 0 Å². The van der Waals surface area contributed by atoms with Crippen LogP contribution in [0.2, 0.25) is 0 Å². The van der Waals surface area contributed by atoms with E-state index in [0.29, 0.717) is 18.0 Å². The monoisotopic (exact) mass is 339 g/mol. The Balaban J connectivity index is 2.17. The molecule has 0 radical (unpaired) electrons. The lowest BCUT2D eigenvalue weighted by Crippen LogP contribution is -2.34. The molecule has 20 heavy (non-hydrogen) atoms. The molecule has 3 nitrogen and oxygen atoms in total. The summed E-state index contributed by atoms with van der Waals surface area (Å²) >= 11 is 3.72. The number of nitrogens with one attached hydrogen (secondary N) is 1. The molecule has 0 spiro atoms. The first-order valence-electron chi connectivity index (χ1n) is 7.32. The van der Waals surface area contributed by atoms with Crippen molar-refractivity contribution in [1.29, 1.82) is 0 Å². The SMILES string of the molecule is CNC(C)c1ccc(N2CC(C)C(N(C)C)C2)cc1Br. The summed E-state index contributed by atoms with van der Waals surface area (Å²) in [5, 5.41) is 3.29. The lowest BCUT2D eigenvalue weighted by Gasteiger charge is -2.23. The number of rotatable bonds is 4. The molecule has 0 aromatic heterocycles. The zero-order valence-corrected chi connectivity index (χ0v) is 14.7. The number of hydrogen-bond acceptors (Lipinski definition) is 3. The Morgan fingerprint density at radius 3 is 2.55 bits per heavy atom. The largest absolute Gasteiger partial charge is 0.370 e. The van der Waals surface area contributed by atoms with Crippen molar-refractivity contribution >= 4 is 21.6 Å². The molecule has 3 unspecified atom stereocenters. The van der Waals surface area contributed by atoms with E-state index in [2.05, 4.69) is 77.2 Å². The Labute approximate surface area is 131 Å². The van der Waals surface area contributed by atoms with E-state index in [1.54, 1.807) is 0 Å². The van der Waals surface area contributed by atoms with Crippen LogP contribution in [0, 0.1) is 5.92 Å². The predicted octanol–water partition coefficient (Wildman–Crippen LogP) is 3.12. The Kier molecular flexibility index (Phi) is 5.10. The number of nitrogens with zero attached hydrogens (tertiary/aromatic N) is 2. The predicted molar refractivity (Wildman–Crippen MR) is 90.5 cm³/mol. The molecule has 0 saturated carbocycles. The fourth-order valence-electron chi connectivity index (χ4n) is 3.05. The highest BCUT2D eigenvalue weighted by Gasteiger charge is 2.31. The molecule has 1 aromatic carbocycles. The van der Waals surface area contributed by atoms with Gasteiger partial charge in [0.15, 0.2) is 0 Å². The van der Waals surface area contributed by atoms with E-state index in [1.807, 2.05) is 7.05 Å². The minimum Gasteiger partial charge on any atom is -0.370 e. The van der Waals surface area contributed by atoms with Gasteiger partial charge in [0.1, 0.15) is 0 Å². The first-order valence-corrected chi connectivity index (χ1v) is 8.11. The Bertz CT molecular complexity index is 461. The summed E-state index contributed by atoms with van der Waals surface area (Å²) in [4.78, 5) is 4.84. The molecular weight excluding hydrogens is 314 g/mol. The van der Waals surface area contributed by atoms with Gasteiger partial charge in [-0.15, -0.1) is 0 Å². The molecule has 1 heterocycles. The van der Waals surface area contributed by atoms with E-state index in [-0.39, 0.29) is 0 Å². The normalized spacial score (nSPS) is 24.4. The van der Waals surface area contributed by atoms with E-state index < -0.39 is 0 Å². The third kappa shape index (κ3) is 3.18. The standard InChI is InChI=1S/C16H26BrN3/c1-11-9-20(10-16(11)19(4)5)13-6-7-14(12(2)18-3)15(17)8-13/h6-8,11-12,16,18H,9-10H2,1-5H3. The Morgan fingerprint density at radius 2 is 2.05 bits per heavy atom. The summed E-state index contributed by atoms with van der Waals surface area (Å²) in [5.74, 6) is 0.708. The van der Waals surface area contributed by atoms with Crippen LogP contribution < -0.4 is 10.2 Å². The van der Waals surface area contributed by atoms with Crippen molar-refractivity contribution in [3.63, 3.8) is 0 Å². The maximum absolute atomic E-state index is 3.72. The van der Waals surface area contributed by atoms with Gasteiger partial charge in [-0.05, 0) is 51.7 Å². The maximum atomic E-state index is 3.72. The number of anilines is 1. The Hall–Kier alpha value is -0.580. The summed E-state index contributed by atoms with van der Waals surface area (Å²) in [6.45, 7) is 6.77. The molecule has 112 valence electrons. The zero-order chi connectivity index (χ0) is 14.9. The Morgan fingerprint density at radius 1 is 1.35 bits per heavy atom. The average Bonchev–Trinajstić information content (AvgIpc) is 2.80. The minimum absolute atomic E-state index is 0.366. The highest BCUT2D eigenvalue weighted by atomic mass is 79.9. The van der Waals surface area contributed by atoms with Crippen LogP contribution in [0.5, 0.6) is 0 Å². The van der Waals surface area contributed by atoms with E-state index in [0.717, 1.165) is 13.1 Å². The van der Waals surface area contributed by atoms with E-state index >= 15 is 0 Å². The van der Waals surface area contributed by atoms with E-state index in [9.17, 15) is 0 Å². The molecule has 1 saturated heterocycles. The van der Waals surface area contributed by atoms with Crippen molar-refractivity contribution in [1.82, 2.24) is 10.2 Å². The second-order valence-electron chi connectivity index (χ2n) is 6.13. The summed E-state index contributed by atoms with van der Waals surface area (Å²) in [7, 11) is 6.35. The van der Waals surface area contributed by atoms with E-state index in [4.69, 9.17) is 0 Å². The average molecular weight is 340 g/mol. The molecule has 2 rings (SSSR count). The van der Waals surface area contributed by atoms with Gasteiger partial charge in [0, 0.05) is 35.3 Å². The van der Waals surface area contributed by atoms with Crippen LogP contribution in [0.4, 0.5) is 5.69 Å². The topological polar surface area (TPSA) is 18.5 Å². The summed E-state index contributed by atoms with van der Waals surface area (Å²) in [6.07, 6.45) is 0. The zero-order valence-electron chi connectivity index (χ0n) is 13.2.